The third-order valence-corrected chi connectivity index (χ3v) is 4.43. The van der Waals surface area contributed by atoms with Gasteiger partial charge >= 0.3 is 6.03 Å². The Kier molecular flexibility index (Phi) is 4.90. The van der Waals surface area contributed by atoms with Crippen molar-refractivity contribution in [2.24, 2.45) is 5.92 Å². The molecule has 0 unspecified atom stereocenters. The molecule has 0 saturated carbocycles. The summed E-state index contributed by atoms with van der Waals surface area (Å²) >= 11 is 0. The van der Waals surface area contributed by atoms with Crippen molar-refractivity contribution in [1.82, 2.24) is 25.0 Å². The number of hydrogen-bond acceptors (Lipinski definition) is 3. The van der Waals surface area contributed by atoms with Gasteiger partial charge in [0.05, 0.1) is 6.54 Å². The normalized spacial score (nSPS) is 15.6. The van der Waals surface area contributed by atoms with E-state index in [0.29, 0.717) is 18.3 Å². The minimum Gasteiger partial charge on any atom is -0.325 e. The summed E-state index contributed by atoms with van der Waals surface area (Å²) in [6.07, 6.45) is 4.70. The fourth-order valence-corrected chi connectivity index (χ4v) is 3.12. The molecule has 0 radical (unpaired) electrons. The zero-order valence-electron chi connectivity index (χ0n) is 13.5. The minimum absolute atomic E-state index is 0.0690. The van der Waals surface area contributed by atoms with Crippen LogP contribution < -0.4 is 0 Å². The average molecular weight is 313 g/mol. The number of piperidine rings is 1. The van der Waals surface area contributed by atoms with E-state index in [1.165, 1.54) is 11.9 Å². The standard InChI is InChI=1S/C17H23N5O/c1-21(12-16-18-13-19-20-16)17(23)22-9-7-15(8-10-22)11-14-5-3-2-4-6-14/h2-6,13,15H,7-12H2,1H3,(H,18,19,20). The van der Waals surface area contributed by atoms with E-state index in [4.69, 9.17) is 0 Å². The van der Waals surface area contributed by atoms with Gasteiger partial charge in [-0.25, -0.2) is 9.78 Å². The number of rotatable bonds is 4. The second kappa shape index (κ2) is 7.26. The summed E-state index contributed by atoms with van der Waals surface area (Å²) in [5, 5.41) is 6.60. The highest BCUT2D eigenvalue weighted by Gasteiger charge is 2.25. The van der Waals surface area contributed by atoms with E-state index in [9.17, 15) is 4.79 Å². The Morgan fingerprint density at radius 2 is 2.04 bits per heavy atom. The first-order valence-electron chi connectivity index (χ1n) is 8.10. The lowest BCUT2D eigenvalue weighted by Crippen LogP contribution is -2.45. The van der Waals surface area contributed by atoms with Crippen molar-refractivity contribution in [1.29, 1.82) is 0 Å². The number of hydrogen-bond donors (Lipinski definition) is 1. The number of nitrogens with zero attached hydrogens (tertiary/aromatic N) is 4. The molecule has 1 fully saturated rings. The molecule has 23 heavy (non-hydrogen) atoms. The summed E-state index contributed by atoms with van der Waals surface area (Å²) in [7, 11) is 1.81. The second-order valence-electron chi connectivity index (χ2n) is 6.19. The number of urea groups is 1. The zero-order chi connectivity index (χ0) is 16.1. The smallest absolute Gasteiger partial charge is 0.320 e. The van der Waals surface area contributed by atoms with Gasteiger partial charge in [-0.05, 0) is 30.7 Å². The first-order valence-corrected chi connectivity index (χ1v) is 8.10. The molecule has 1 aliphatic heterocycles. The Morgan fingerprint density at radius 1 is 1.30 bits per heavy atom. The van der Waals surface area contributed by atoms with Gasteiger partial charge in [0, 0.05) is 20.1 Å². The molecule has 1 saturated heterocycles. The zero-order valence-corrected chi connectivity index (χ0v) is 13.5. The summed E-state index contributed by atoms with van der Waals surface area (Å²) in [5.41, 5.74) is 1.39. The first kappa shape index (κ1) is 15.5. The van der Waals surface area contributed by atoms with Crippen LogP contribution in [0.15, 0.2) is 36.7 Å². The van der Waals surface area contributed by atoms with Gasteiger partial charge in [-0.3, -0.25) is 5.10 Å². The van der Waals surface area contributed by atoms with Crippen LogP contribution in [0.2, 0.25) is 0 Å². The maximum Gasteiger partial charge on any atom is 0.320 e. The maximum atomic E-state index is 12.5. The molecular weight excluding hydrogens is 290 g/mol. The molecule has 6 nitrogen and oxygen atoms in total. The fourth-order valence-electron chi connectivity index (χ4n) is 3.12. The number of benzene rings is 1. The molecule has 2 heterocycles. The largest absolute Gasteiger partial charge is 0.325 e. The number of carbonyl (C=O) groups excluding carboxylic acids is 1. The van der Waals surface area contributed by atoms with Gasteiger partial charge in [-0.15, -0.1) is 0 Å². The predicted molar refractivity (Wildman–Crippen MR) is 87.7 cm³/mol. The van der Waals surface area contributed by atoms with E-state index in [1.54, 1.807) is 11.9 Å². The lowest BCUT2D eigenvalue weighted by molar-refractivity contribution is 0.138. The van der Waals surface area contributed by atoms with E-state index >= 15 is 0 Å². The molecule has 1 N–H and O–H groups in total. The number of aromatic nitrogens is 3. The van der Waals surface area contributed by atoms with Gasteiger partial charge in [0.25, 0.3) is 0 Å². The summed E-state index contributed by atoms with van der Waals surface area (Å²) in [6.45, 7) is 2.12. The third-order valence-electron chi connectivity index (χ3n) is 4.43. The van der Waals surface area contributed by atoms with Crippen LogP contribution in [0.4, 0.5) is 4.79 Å². The Labute approximate surface area is 136 Å². The predicted octanol–water partition coefficient (Wildman–Crippen LogP) is 2.31. The van der Waals surface area contributed by atoms with Crippen molar-refractivity contribution in [2.45, 2.75) is 25.8 Å². The Morgan fingerprint density at radius 3 is 2.70 bits per heavy atom. The fraction of sp³-hybridized carbons (Fsp3) is 0.471. The molecule has 122 valence electrons. The molecule has 0 bridgehead atoms. The van der Waals surface area contributed by atoms with Crippen molar-refractivity contribution in [3.05, 3.63) is 48.0 Å². The van der Waals surface area contributed by atoms with Gasteiger partial charge in [0.2, 0.25) is 0 Å². The van der Waals surface area contributed by atoms with Crippen molar-refractivity contribution >= 4 is 6.03 Å². The molecule has 0 aliphatic carbocycles. The SMILES string of the molecule is CN(Cc1ncn[nH]1)C(=O)N1CCC(Cc2ccccc2)CC1. The van der Waals surface area contributed by atoms with Crippen LogP contribution in [0.25, 0.3) is 0 Å². The number of aromatic amines is 1. The molecule has 1 aromatic heterocycles. The van der Waals surface area contributed by atoms with Crippen molar-refractivity contribution in [2.75, 3.05) is 20.1 Å². The molecule has 1 aromatic carbocycles. The number of H-pyrrole nitrogens is 1. The van der Waals surface area contributed by atoms with Crippen LogP contribution >= 0.6 is 0 Å². The van der Waals surface area contributed by atoms with Crippen LogP contribution in [0, 0.1) is 5.92 Å². The molecular formula is C17H23N5O. The van der Waals surface area contributed by atoms with Crippen LogP contribution in [0.5, 0.6) is 0 Å². The van der Waals surface area contributed by atoms with Gasteiger partial charge in [-0.2, -0.15) is 5.10 Å². The van der Waals surface area contributed by atoms with E-state index in [-0.39, 0.29) is 6.03 Å². The van der Waals surface area contributed by atoms with Crippen LogP contribution in [-0.2, 0) is 13.0 Å². The number of nitrogens with one attached hydrogen (secondary N) is 1. The summed E-state index contributed by atoms with van der Waals surface area (Å²) in [4.78, 5) is 20.2. The van der Waals surface area contributed by atoms with Crippen molar-refractivity contribution < 1.29 is 4.79 Å². The average Bonchev–Trinajstić information content (AvgIpc) is 3.09. The molecule has 6 heteroatoms. The Hall–Kier alpha value is -2.37. The molecule has 3 rings (SSSR count). The Bertz CT molecular complexity index is 605. The highest BCUT2D eigenvalue weighted by Crippen LogP contribution is 2.22. The topological polar surface area (TPSA) is 65.1 Å². The van der Waals surface area contributed by atoms with E-state index in [2.05, 4.69) is 45.5 Å². The number of amides is 2. The second-order valence-corrected chi connectivity index (χ2v) is 6.19. The quantitative estimate of drug-likeness (QED) is 0.942. The molecule has 1 aliphatic rings. The van der Waals surface area contributed by atoms with E-state index < -0.39 is 0 Å². The summed E-state index contributed by atoms with van der Waals surface area (Å²) in [6, 6.07) is 10.7. The van der Waals surface area contributed by atoms with Crippen molar-refractivity contribution in [3.8, 4) is 0 Å². The van der Waals surface area contributed by atoms with Gasteiger partial charge < -0.3 is 9.80 Å². The molecule has 2 aromatic rings. The highest BCUT2D eigenvalue weighted by molar-refractivity contribution is 5.74. The maximum absolute atomic E-state index is 12.5. The van der Waals surface area contributed by atoms with Gasteiger partial charge in [0.1, 0.15) is 12.2 Å². The minimum atomic E-state index is 0.0690. The van der Waals surface area contributed by atoms with Crippen LogP contribution in [0.3, 0.4) is 0 Å². The molecule has 0 atom stereocenters. The van der Waals surface area contributed by atoms with E-state index in [1.807, 2.05) is 4.90 Å². The lowest BCUT2D eigenvalue weighted by atomic mass is 9.90. The summed E-state index contributed by atoms with van der Waals surface area (Å²) in [5.74, 6) is 1.38. The molecule has 0 spiro atoms. The van der Waals surface area contributed by atoms with Crippen LogP contribution in [0.1, 0.15) is 24.2 Å². The van der Waals surface area contributed by atoms with Crippen molar-refractivity contribution in [3.63, 3.8) is 0 Å². The van der Waals surface area contributed by atoms with Gasteiger partial charge in [-0.1, -0.05) is 30.3 Å². The number of carbonyl (C=O) groups is 1. The van der Waals surface area contributed by atoms with Crippen LogP contribution in [-0.4, -0.2) is 51.1 Å². The Balaban J connectivity index is 1.47. The summed E-state index contributed by atoms with van der Waals surface area (Å²) < 4.78 is 0. The molecule has 2 amide bonds. The monoisotopic (exact) mass is 313 g/mol. The lowest BCUT2D eigenvalue weighted by Gasteiger charge is -2.34. The van der Waals surface area contributed by atoms with E-state index in [0.717, 1.165) is 32.4 Å². The number of likely N-dealkylation sites (tertiary alicyclic amines) is 1. The third kappa shape index (κ3) is 4.09. The first-order chi connectivity index (χ1) is 11.2. The highest BCUT2D eigenvalue weighted by atomic mass is 16.2. The van der Waals surface area contributed by atoms with Gasteiger partial charge in [0.15, 0.2) is 0 Å².